The average Bonchev–Trinajstić information content (AvgIpc) is 2.37. The van der Waals surface area contributed by atoms with Gasteiger partial charge in [0.15, 0.2) is 0 Å². The SMILES string of the molecule is CCC(C)CN(C)Cc1ccccc1/C=C/C(=O)O. The van der Waals surface area contributed by atoms with Crippen molar-refractivity contribution in [2.75, 3.05) is 13.6 Å². The highest BCUT2D eigenvalue weighted by Crippen LogP contribution is 2.14. The molecule has 1 aromatic carbocycles. The number of nitrogens with zero attached hydrogens (tertiary/aromatic N) is 1. The molecular weight excluding hydrogens is 238 g/mol. The van der Waals surface area contributed by atoms with Crippen molar-refractivity contribution in [1.29, 1.82) is 0 Å². The van der Waals surface area contributed by atoms with Crippen molar-refractivity contribution < 1.29 is 9.90 Å². The molecule has 104 valence electrons. The number of hydrogen-bond acceptors (Lipinski definition) is 2. The van der Waals surface area contributed by atoms with Crippen molar-refractivity contribution in [3.05, 3.63) is 41.5 Å². The van der Waals surface area contributed by atoms with Gasteiger partial charge in [0.2, 0.25) is 0 Å². The van der Waals surface area contributed by atoms with E-state index in [2.05, 4.69) is 31.9 Å². The van der Waals surface area contributed by atoms with Crippen molar-refractivity contribution >= 4 is 12.0 Å². The van der Waals surface area contributed by atoms with E-state index in [1.807, 2.05) is 18.2 Å². The maximum atomic E-state index is 10.6. The third-order valence-corrected chi connectivity index (χ3v) is 3.22. The quantitative estimate of drug-likeness (QED) is 0.766. The van der Waals surface area contributed by atoms with Gasteiger partial charge in [-0.3, -0.25) is 0 Å². The average molecular weight is 261 g/mol. The van der Waals surface area contributed by atoms with Gasteiger partial charge in [-0.1, -0.05) is 44.5 Å². The molecule has 0 heterocycles. The van der Waals surface area contributed by atoms with Gasteiger partial charge in [-0.15, -0.1) is 0 Å². The van der Waals surface area contributed by atoms with Crippen LogP contribution >= 0.6 is 0 Å². The third kappa shape index (κ3) is 5.71. The Hall–Kier alpha value is -1.61. The Balaban J connectivity index is 2.74. The van der Waals surface area contributed by atoms with Crippen LogP contribution in [0.5, 0.6) is 0 Å². The van der Waals surface area contributed by atoms with Crippen molar-refractivity contribution in [2.24, 2.45) is 5.92 Å². The van der Waals surface area contributed by atoms with Crippen LogP contribution in [0.3, 0.4) is 0 Å². The lowest BCUT2D eigenvalue weighted by molar-refractivity contribution is -0.131. The molecule has 0 bridgehead atoms. The van der Waals surface area contributed by atoms with E-state index >= 15 is 0 Å². The lowest BCUT2D eigenvalue weighted by Crippen LogP contribution is -2.24. The fourth-order valence-electron chi connectivity index (χ4n) is 2.02. The van der Waals surface area contributed by atoms with Crippen LogP contribution in [0.1, 0.15) is 31.4 Å². The molecule has 1 rings (SSSR count). The van der Waals surface area contributed by atoms with Gasteiger partial charge in [0.1, 0.15) is 0 Å². The molecule has 0 aliphatic heterocycles. The van der Waals surface area contributed by atoms with Gasteiger partial charge < -0.3 is 10.0 Å². The van der Waals surface area contributed by atoms with Gasteiger partial charge in [0.25, 0.3) is 0 Å². The Bertz CT molecular complexity index is 440. The molecule has 0 aliphatic rings. The van der Waals surface area contributed by atoms with Crippen molar-refractivity contribution in [2.45, 2.75) is 26.8 Å². The summed E-state index contributed by atoms with van der Waals surface area (Å²) in [5.41, 5.74) is 2.13. The molecule has 0 saturated carbocycles. The third-order valence-electron chi connectivity index (χ3n) is 3.22. The Kier molecular flexibility index (Phi) is 6.30. The lowest BCUT2D eigenvalue weighted by atomic mass is 10.1. The predicted octanol–water partition coefficient (Wildman–Crippen LogP) is 3.26. The first kappa shape index (κ1) is 15.4. The van der Waals surface area contributed by atoms with Crippen LogP contribution in [0.2, 0.25) is 0 Å². The predicted molar refractivity (Wildman–Crippen MR) is 78.9 cm³/mol. The molecule has 0 amide bonds. The fourth-order valence-corrected chi connectivity index (χ4v) is 2.02. The summed E-state index contributed by atoms with van der Waals surface area (Å²) < 4.78 is 0. The molecule has 3 heteroatoms. The van der Waals surface area contributed by atoms with E-state index in [1.54, 1.807) is 6.08 Å². The number of carboxylic acid groups (broad SMARTS) is 1. The Labute approximate surface area is 115 Å². The van der Waals surface area contributed by atoms with Crippen molar-refractivity contribution in [3.8, 4) is 0 Å². The molecule has 0 aromatic heterocycles. The Morgan fingerprint density at radius 3 is 2.74 bits per heavy atom. The van der Waals surface area contributed by atoms with E-state index < -0.39 is 5.97 Å². The highest BCUT2D eigenvalue weighted by molar-refractivity contribution is 5.85. The second kappa shape index (κ2) is 7.74. The van der Waals surface area contributed by atoms with Gasteiger partial charge in [-0.25, -0.2) is 4.79 Å². The molecular formula is C16H23NO2. The van der Waals surface area contributed by atoms with E-state index in [0.717, 1.165) is 24.2 Å². The van der Waals surface area contributed by atoms with Gasteiger partial charge in [0, 0.05) is 19.2 Å². The molecule has 0 saturated heterocycles. The van der Waals surface area contributed by atoms with E-state index in [-0.39, 0.29) is 0 Å². The Morgan fingerprint density at radius 1 is 1.42 bits per heavy atom. The van der Waals surface area contributed by atoms with Gasteiger partial charge in [-0.2, -0.15) is 0 Å². The maximum absolute atomic E-state index is 10.6. The maximum Gasteiger partial charge on any atom is 0.328 e. The van der Waals surface area contributed by atoms with E-state index in [0.29, 0.717) is 5.92 Å². The molecule has 1 atom stereocenters. The first-order valence-corrected chi connectivity index (χ1v) is 6.70. The number of rotatable bonds is 7. The molecule has 0 spiro atoms. The summed E-state index contributed by atoms with van der Waals surface area (Å²) in [6.45, 7) is 6.33. The zero-order chi connectivity index (χ0) is 14.3. The molecule has 0 radical (unpaired) electrons. The second-order valence-corrected chi connectivity index (χ2v) is 5.08. The molecule has 0 aliphatic carbocycles. The monoisotopic (exact) mass is 261 g/mol. The highest BCUT2D eigenvalue weighted by Gasteiger charge is 2.07. The topological polar surface area (TPSA) is 40.5 Å². The smallest absolute Gasteiger partial charge is 0.328 e. The van der Waals surface area contributed by atoms with Crippen LogP contribution in [0, 0.1) is 5.92 Å². The molecule has 1 N–H and O–H groups in total. The standard InChI is InChI=1S/C16H23NO2/c1-4-13(2)11-17(3)12-15-8-6-5-7-14(15)9-10-16(18)19/h5-10,13H,4,11-12H2,1-3H3,(H,18,19)/b10-9+. The van der Waals surface area contributed by atoms with Crippen LogP contribution in [0.4, 0.5) is 0 Å². The fraction of sp³-hybridized carbons (Fsp3) is 0.438. The van der Waals surface area contributed by atoms with Crippen molar-refractivity contribution in [3.63, 3.8) is 0 Å². The lowest BCUT2D eigenvalue weighted by Gasteiger charge is -2.21. The van der Waals surface area contributed by atoms with Crippen LogP contribution in [0.15, 0.2) is 30.3 Å². The highest BCUT2D eigenvalue weighted by atomic mass is 16.4. The summed E-state index contributed by atoms with van der Waals surface area (Å²) in [6, 6.07) is 7.92. The van der Waals surface area contributed by atoms with Crippen molar-refractivity contribution in [1.82, 2.24) is 4.90 Å². The first-order valence-electron chi connectivity index (χ1n) is 6.70. The van der Waals surface area contributed by atoms with Gasteiger partial charge in [0.05, 0.1) is 0 Å². The number of aliphatic carboxylic acids is 1. The largest absolute Gasteiger partial charge is 0.478 e. The molecule has 0 fully saturated rings. The number of hydrogen-bond donors (Lipinski definition) is 1. The summed E-state index contributed by atoms with van der Waals surface area (Å²) in [7, 11) is 2.10. The summed E-state index contributed by atoms with van der Waals surface area (Å²) >= 11 is 0. The minimum Gasteiger partial charge on any atom is -0.478 e. The molecule has 3 nitrogen and oxygen atoms in total. The van der Waals surface area contributed by atoms with Crippen LogP contribution < -0.4 is 0 Å². The van der Waals surface area contributed by atoms with E-state index in [9.17, 15) is 4.79 Å². The van der Waals surface area contributed by atoms with E-state index in [4.69, 9.17) is 5.11 Å². The van der Waals surface area contributed by atoms with E-state index in [1.165, 1.54) is 12.5 Å². The normalized spacial score (nSPS) is 13.1. The number of carboxylic acids is 1. The summed E-state index contributed by atoms with van der Waals surface area (Å²) in [5.74, 6) is -0.241. The zero-order valence-electron chi connectivity index (χ0n) is 12.0. The zero-order valence-corrected chi connectivity index (χ0v) is 12.0. The van der Waals surface area contributed by atoms with Crippen LogP contribution in [0.25, 0.3) is 6.08 Å². The second-order valence-electron chi connectivity index (χ2n) is 5.08. The molecule has 1 unspecified atom stereocenters. The minimum absolute atomic E-state index is 0.673. The number of carbonyl (C=O) groups is 1. The first-order chi connectivity index (χ1) is 9.02. The minimum atomic E-state index is -0.914. The van der Waals surface area contributed by atoms with Crippen LogP contribution in [-0.4, -0.2) is 29.6 Å². The number of benzene rings is 1. The Morgan fingerprint density at radius 2 is 2.11 bits per heavy atom. The summed E-state index contributed by atoms with van der Waals surface area (Å²) in [5, 5.41) is 8.70. The van der Waals surface area contributed by atoms with Gasteiger partial charge in [-0.05, 0) is 30.2 Å². The summed E-state index contributed by atoms with van der Waals surface area (Å²) in [6.07, 6.45) is 4.02. The molecule has 1 aromatic rings. The van der Waals surface area contributed by atoms with Crippen LogP contribution in [-0.2, 0) is 11.3 Å². The summed E-state index contributed by atoms with van der Waals surface area (Å²) in [4.78, 5) is 12.9. The molecule has 19 heavy (non-hydrogen) atoms. The van der Waals surface area contributed by atoms with Gasteiger partial charge >= 0.3 is 5.97 Å².